The number of hydrogen-bond acceptors (Lipinski definition) is 4. The SMILES string of the molecule is O=C1CCc2cc(S(=O)(=O)NC[C@H]3CCOC3)ccc2N1. The first-order valence-corrected chi connectivity index (χ1v) is 8.53. The number of anilines is 1. The Morgan fingerprint density at radius 2 is 2.19 bits per heavy atom. The molecule has 21 heavy (non-hydrogen) atoms. The molecule has 1 atom stereocenters. The van der Waals surface area contributed by atoms with Gasteiger partial charge in [-0.3, -0.25) is 4.79 Å². The maximum Gasteiger partial charge on any atom is 0.240 e. The predicted octanol–water partition coefficient (Wildman–Crippen LogP) is 0.886. The zero-order valence-electron chi connectivity index (χ0n) is 11.6. The average molecular weight is 310 g/mol. The molecule has 1 saturated heterocycles. The van der Waals surface area contributed by atoms with Gasteiger partial charge in [-0.2, -0.15) is 0 Å². The number of nitrogens with one attached hydrogen (secondary N) is 2. The summed E-state index contributed by atoms with van der Waals surface area (Å²) in [5, 5.41) is 2.74. The van der Waals surface area contributed by atoms with Crippen LogP contribution in [0.2, 0.25) is 0 Å². The van der Waals surface area contributed by atoms with Gasteiger partial charge in [0.25, 0.3) is 0 Å². The third-order valence-electron chi connectivity index (χ3n) is 3.87. The number of sulfonamides is 1. The van der Waals surface area contributed by atoms with Crippen molar-refractivity contribution < 1.29 is 17.9 Å². The van der Waals surface area contributed by atoms with Gasteiger partial charge in [0, 0.05) is 25.3 Å². The molecule has 0 aliphatic carbocycles. The van der Waals surface area contributed by atoms with Crippen molar-refractivity contribution in [2.75, 3.05) is 25.1 Å². The van der Waals surface area contributed by atoms with Crippen molar-refractivity contribution in [3.05, 3.63) is 23.8 Å². The molecule has 0 unspecified atom stereocenters. The summed E-state index contributed by atoms with van der Waals surface area (Å²) in [6.07, 6.45) is 1.85. The van der Waals surface area contributed by atoms with Crippen molar-refractivity contribution in [3.8, 4) is 0 Å². The molecule has 0 radical (unpaired) electrons. The molecule has 1 fully saturated rings. The summed E-state index contributed by atoms with van der Waals surface area (Å²) < 4.78 is 32.5. The molecule has 2 heterocycles. The van der Waals surface area contributed by atoms with Crippen LogP contribution in [0.25, 0.3) is 0 Å². The van der Waals surface area contributed by atoms with Gasteiger partial charge >= 0.3 is 0 Å². The molecule has 3 rings (SSSR count). The molecule has 0 spiro atoms. The third-order valence-corrected chi connectivity index (χ3v) is 5.29. The van der Waals surface area contributed by atoms with E-state index in [0.717, 1.165) is 12.0 Å². The van der Waals surface area contributed by atoms with E-state index in [0.29, 0.717) is 38.3 Å². The van der Waals surface area contributed by atoms with Crippen LogP contribution in [0.15, 0.2) is 23.1 Å². The molecular weight excluding hydrogens is 292 g/mol. The fourth-order valence-electron chi connectivity index (χ4n) is 2.58. The van der Waals surface area contributed by atoms with Gasteiger partial charge in [0.05, 0.1) is 11.5 Å². The summed E-state index contributed by atoms with van der Waals surface area (Å²) in [7, 11) is -3.51. The quantitative estimate of drug-likeness (QED) is 0.865. The van der Waals surface area contributed by atoms with E-state index in [4.69, 9.17) is 4.74 Å². The molecule has 1 amide bonds. The van der Waals surface area contributed by atoms with Crippen LogP contribution < -0.4 is 10.0 Å². The van der Waals surface area contributed by atoms with Gasteiger partial charge in [-0.1, -0.05) is 0 Å². The Bertz CT molecular complexity index is 651. The number of ether oxygens (including phenoxy) is 1. The Kier molecular flexibility index (Phi) is 3.97. The van der Waals surface area contributed by atoms with Crippen LogP contribution >= 0.6 is 0 Å². The van der Waals surface area contributed by atoms with Crippen LogP contribution in [0.5, 0.6) is 0 Å². The maximum atomic E-state index is 12.3. The Hall–Kier alpha value is -1.44. The lowest BCUT2D eigenvalue weighted by molar-refractivity contribution is -0.116. The molecule has 2 aliphatic heterocycles. The number of hydrogen-bond donors (Lipinski definition) is 2. The normalized spacial score (nSPS) is 21.9. The molecule has 114 valence electrons. The highest BCUT2D eigenvalue weighted by Crippen LogP contribution is 2.25. The summed E-state index contributed by atoms with van der Waals surface area (Å²) in [4.78, 5) is 11.6. The van der Waals surface area contributed by atoms with E-state index in [9.17, 15) is 13.2 Å². The fourth-order valence-corrected chi connectivity index (χ4v) is 3.75. The Morgan fingerprint density at radius 3 is 2.95 bits per heavy atom. The monoisotopic (exact) mass is 310 g/mol. The molecule has 0 aromatic heterocycles. The lowest BCUT2D eigenvalue weighted by Gasteiger charge is -2.18. The molecule has 1 aromatic carbocycles. The first-order valence-electron chi connectivity index (χ1n) is 7.05. The summed E-state index contributed by atoms with van der Waals surface area (Å²) in [6.45, 7) is 1.71. The molecule has 2 N–H and O–H groups in total. The second-order valence-corrected chi connectivity index (χ2v) is 7.22. The number of fused-ring (bicyclic) bond motifs is 1. The van der Waals surface area contributed by atoms with Crippen LogP contribution in [0.4, 0.5) is 5.69 Å². The van der Waals surface area contributed by atoms with Gasteiger partial charge in [0.1, 0.15) is 0 Å². The fraction of sp³-hybridized carbons (Fsp3) is 0.500. The third kappa shape index (κ3) is 3.25. The zero-order valence-corrected chi connectivity index (χ0v) is 12.4. The van der Waals surface area contributed by atoms with E-state index < -0.39 is 10.0 Å². The second-order valence-electron chi connectivity index (χ2n) is 5.45. The minimum Gasteiger partial charge on any atom is -0.381 e. The van der Waals surface area contributed by atoms with Gasteiger partial charge in [-0.15, -0.1) is 0 Å². The zero-order chi connectivity index (χ0) is 14.9. The first-order chi connectivity index (χ1) is 10.0. The molecule has 7 heteroatoms. The molecule has 1 aromatic rings. The minimum atomic E-state index is -3.51. The number of carbonyl (C=O) groups is 1. The van der Waals surface area contributed by atoms with Crippen LogP contribution in [-0.4, -0.2) is 34.1 Å². The highest BCUT2D eigenvalue weighted by Gasteiger charge is 2.22. The number of amides is 1. The van der Waals surface area contributed by atoms with E-state index >= 15 is 0 Å². The summed E-state index contributed by atoms with van der Waals surface area (Å²) in [6, 6.07) is 4.82. The summed E-state index contributed by atoms with van der Waals surface area (Å²) in [5.41, 5.74) is 1.57. The van der Waals surface area contributed by atoms with Gasteiger partial charge in [-0.05, 0) is 42.5 Å². The van der Waals surface area contributed by atoms with E-state index in [-0.39, 0.29) is 16.7 Å². The largest absolute Gasteiger partial charge is 0.381 e. The van der Waals surface area contributed by atoms with Crippen LogP contribution in [0, 0.1) is 5.92 Å². The van der Waals surface area contributed by atoms with Crippen molar-refractivity contribution in [1.29, 1.82) is 0 Å². The summed E-state index contributed by atoms with van der Waals surface area (Å²) >= 11 is 0. The number of benzene rings is 1. The van der Waals surface area contributed by atoms with Crippen molar-refractivity contribution >= 4 is 21.6 Å². The highest BCUT2D eigenvalue weighted by atomic mass is 32.2. The highest BCUT2D eigenvalue weighted by molar-refractivity contribution is 7.89. The van der Waals surface area contributed by atoms with Crippen molar-refractivity contribution in [1.82, 2.24) is 4.72 Å². The number of rotatable bonds is 4. The lowest BCUT2D eigenvalue weighted by Crippen LogP contribution is -2.30. The second kappa shape index (κ2) is 5.75. The van der Waals surface area contributed by atoms with Crippen LogP contribution in [0.3, 0.4) is 0 Å². The molecule has 0 bridgehead atoms. The van der Waals surface area contributed by atoms with E-state index in [1.807, 2.05) is 0 Å². The van der Waals surface area contributed by atoms with Crippen LogP contribution in [-0.2, 0) is 26.0 Å². The molecule has 2 aliphatic rings. The Balaban J connectivity index is 1.74. The van der Waals surface area contributed by atoms with Gasteiger partial charge in [0.2, 0.25) is 15.9 Å². The smallest absolute Gasteiger partial charge is 0.240 e. The van der Waals surface area contributed by atoms with Gasteiger partial charge in [0.15, 0.2) is 0 Å². The van der Waals surface area contributed by atoms with Crippen molar-refractivity contribution in [2.24, 2.45) is 5.92 Å². The van der Waals surface area contributed by atoms with Gasteiger partial charge in [-0.25, -0.2) is 13.1 Å². The molecule has 6 nitrogen and oxygen atoms in total. The Morgan fingerprint density at radius 1 is 1.33 bits per heavy atom. The average Bonchev–Trinajstić information content (AvgIpc) is 2.98. The predicted molar refractivity (Wildman–Crippen MR) is 77.5 cm³/mol. The van der Waals surface area contributed by atoms with E-state index in [2.05, 4.69) is 10.0 Å². The van der Waals surface area contributed by atoms with Crippen molar-refractivity contribution in [3.63, 3.8) is 0 Å². The minimum absolute atomic E-state index is 0.0301. The first kappa shape index (κ1) is 14.5. The van der Waals surface area contributed by atoms with Gasteiger partial charge < -0.3 is 10.1 Å². The maximum absolute atomic E-state index is 12.3. The summed E-state index contributed by atoms with van der Waals surface area (Å²) in [5.74, 6) is 0.217. The number of carbonyl (C=O) groups excluding carboxylic acids is 1. The standard InChI is InChI=1S/C14H18N2O4S/c17-14-4-1-11-7-12(2-3-13(11)16-14)21(18,19)15-8-10-5-6-20-9-10/h2-3,7,10,15H,1,4-6,8-9H2,(H,16,17)/t10-/m1/s1. The molecular formula is C14H18N2O4S. The molecule has 0 saturated carbocycles. The van der Waals surface area contributed by atoms with E-state index in [1.54, 1.807) is 12.1 Å². The Labute approximate surface area is 123 Å². The number of aryl methyl sites for hydroxylation is 1. The van der Waals surface area contributed by atoms with Crippen molar-refractivity contribution in [2.45, 2.75) is 24.2 Å². The topological polar surface area (TPSA) is 84.5 Å². The lowest BCUT2D eigenvalue weighted by atomic mass is 10.0. The van der Waals surface area contributed by atoms with E-state index in [1.165, 1.54) is 6.07 Å². The van der Waals surface area contributed by atoms with Crippen LogP contribution in [0.1, 0.15) is 18.4 Å².